The zero-order chi connectivity index (χ0) is 17.8. The number of aryl methyl sites for hydroxylation is 2. The molecule has 1 unspecified atom stereocenters. The number of pyridine rings is 1. The van der Waals surface area contributed by atoms with Gasteiger partial charge in [0, 0.05) is 25.8 Å². The number of aromatic nitrogens is 4. The Labute approximate surface area is 146 Å². The van der Waals surface area contributed by atoms with Crippen LogP contribution in [0.5, 0.6) is 0 Å². The van der Waals surface area contributed by atoms with Crippen LogP contribution in [0.25, 0.3) is 0 Å². The maximum absolute atomic E-state index is 12.5. The summed E-state index contributed by atoms with van der Waals surface area (Å²) in [6.45, 7) is 3.59. The average molecular weight is 339 g/mol. The van der Waals surface area contributed by atoms with Crippen LogP contribution in [0.1, 0.15) is 29.9 Å². The lowest BCUT2D eigenvalue weighted by atomic mass is 9.96. The summed E-state index contributed by atoms with van der Waals surface area (Å²) in [4.78, 5) is 23.1. The van der Waals surface area contributed by atoms with E-state index in [9.17, 15) is 10.1 Å². The predicted octanol–water partition coefficient (Wildman–Crippen LogP) is 0.923. The number of hydrogen-bond acceptors (Lipinski definition) is 6. The number of carbonyl (C=O) groups is 1. The molecule has 1 atom stereocenters. The van der Waals surface area contributed by atoms with Crippen LogP contribution in [0.3, 0.4) is 0 Å². The highest BCUT2D eigenvalue weighted by molar-refractivity contribution is 5.79. The van der Waals surface area contributed by atoms with Crippen molar-refractivity contribution in [2.75, 3.05) is 18.0 Å². The monoisotopic (exact) mass is 339 g/mol. The second-order valence-corrected chi connectivity index (χ2v) is 6.27. The zero-order valence-corrected chi connectivity index (χ0v) is 14.4. The third-order valence-corrected chi connectivity index (χ3v) is 4.29. The van der Waals surface area contributed by atoms with Gasteiger partial charge in [-0.3, -0.25) is 9.48 Å². The molecule has 130 valence electrons. The Kier molecular flexibility index (Phi) is 4.93. The number of carbonyl (C=O) groups excluding carboxylic acids is 1. The van der Waals surface area contributed by atoms with Crippen LogP contribution in [0.4, 0.5) is 5.82 Å². The zero-order valence-electron chi connectivity index (χ0n) is 14.4. The molecule has 1 saturated heterocycles. The Morgan fingerprint density at radius 3 is 3.04 bits per heavy atom. The molecule has 0 aromatic carbocycles. The second-order valence-electron chi connectivity index (χ2n) is 6.27. The van der Waals surface area contributed by atoms with Crippen LogP contribution in [-0.2, 0) is 18.4 Å². The molecule has 25 heavy (non-hydrogen) atoms. The van der Waals surface area contributed by atoms with Gasteiger partial charge in [0.15, 0.2) is 5.82 Å². The van der Waals surface area contributed by atoms with E-state index in [1.165, 1.54) is 0 Å². The van der Waals surface area contributed by atoms with Gasteiger partial charge in [-0.1, -0.05) is 0 Å². The van der Waals surface area contributed by atoms with E-state index in [0.29, 0.717) is 30.3 Å². The lowest BCUT2D eigenvalue weighted by Crippen LogP contribution is -2.43. The molecule has 2 aromatic rings. The van der Waals surface area contributed by atoms with Crippen LogP contribution in [0.15, 0.2) is 18.5 Å². The van der Waals surface area contributed by atoms with Gasteiger partial charge in [-0.15, -0.1) is 0 Å². The fourth-order valence-corrected chi connectivity index (χ4v) is 3.03. The molecule has 8 heteroatoms. The smallest absolute Gasteiger partial charge is 0.225 e. The van der Waals surface area contributed by atoms with Gasteiger partial charge in [-0.2, -0.15) is 10.4 Å². The normalized spacial score (nSPS) is 17.2. The van der Waals surface area contributed by atoms with Crippen molar-refractivity contribution >= 4 is 11.7 Å². The maximum Gasteiger partial charge on any atom is 0.225 e. The number of amides is 1. The van der Waals surface area contributed by atoms with E-state index < -0.39 is 0 Å². The summed E-state index contributed by atoms with van der Waals surface area (Å²) < 4.78 is 1.61. The minimum absolute atomic E-state index is 0.0108. The molecule has 3 rings (SSSR count). The number of nitriles is 1. The van der Waals surface area contributed by atoms with Crippen molar-refractivity contribution in [1.29, 1.82) is 5.26 Å². The van der Waals surface area contributed by atoms with E-state index in [4.69, 9.17) is 0 Å². The molecule has 1 fully saturated rings. The van der Waals surface area contributed by atoms with Crippen molar-refractivity contribution < 1.29 is 4.79 Å². The minimum atomic E-state index is -0.133. The van der Waals surface area contributed by atoms with Gasteiger partial charge in [0.05, 0.1) is 18.0 Å². The van der Waals surface area contributed by atoms with Crippen LogP contribution in [0.2, 0.25) is 0 Å². The molecule has 8 nitrogen and oxygen atoms in total. The highest BCUT2D eigenvalue weighted by atomic mass is 16.1. The topological polar surface area (TPSA) is 99.7 Å². The van der Waals surface area contributed by atoms with Crippen molar-refractivity contribution in [2.45, 2.75) is 26.3 Å². The molecule has 0 spiro atoms. The molecule has 0 radical (unpaired) electrons. The highest BCUT2D eigenvalue weighted by Gasteiger charge is 2.27. The molecular formula is C17H21N7O. The van der Waals surface area contributed by atoms with Gasteiger partial charge in [0.2, 0.25) is 5.91 Å². The summed E-state index contributed by atoms with van der Waals surface area (Å²) in [5.41, 5.74) is 1.41. The van der Waals surface area contributed by atoms with Crippen molar-refractivity contribution in [2.24, 2.45) is 13.0 Å². The van der Waals surface area contributed by atoms with E-state index in [1.807, 2.05) is 17.9 Å². The number of rotatable bonds is 4. The van der Waals surface area contributed by atoms with Crippen molar-refractivity contribution in [3.05, 3.63) is 35.5 Å². The number of nitrogens with zero attached hydrogens (tertiary/aromatic N) is 6. The number of hydrogen-bond donors (Lipinski definition) is 1. The highest BCUT2D eigenvalue weighted by Crippen LogP contribution is 2.25. The molecule has 1 aliphatic rings. The van der Waals surface area contributed by atoms with Gasteiger partial charge in [0.1, 0.15) is 18.2 Å². The van der Waals surface area contributed by atoms with E-state index in [-0.39, 0.29) is 11.8 Å². The Morgan fingerprint density at radius 1 is 1.48 bits per heavy atom. The van der Waals surface area contributed by atoms with Gasteiger partial charge >= 0.3 is 0 Å². The minimum Gasteiger partial charge on any atom is -0.355 e. The molecule has 1 amide bonds. The number of piperidine rings is 1. The van der Waals surface area contributed by atoms with E-state index >= 15 is 0 Å². The quantitative estimate of drug-likeness (QED) is 0.889. The molecule has 1 N–H and O–H groups in total. The Hall–Kier alpha value is -2.95. The summed E-state index contributed by atoms with van der Waals surface area (Å²) in [5, 5.41) is 16.4. The van der Waals surface area contributed by atoms with Gasteiger partial charge < -0.3 is 10.2 Å². The molecule has 3 heterocycles. The first-order valence-electron chi connectivity index (χ1n) is 8.31. The summed E-state index contributed by atoms with van der Waals surface area (Å²) in [7, 11) is 1.79. The van der Waals surface area contributed by atoms with Gasteiger partial charge in [0.25, 0.3) is 0 Å². The largest absolute Gasteiger partial charge is 0.355 e. The van der Waals surface area contributed by atoms with Crippen molar-refractivity contribution in [3.8, 4) is 6.07 Å². The molecule has 0 saturated carbocycles. The summed E-state index contributed by atoms with van der Waals surface area (Å²) >= 11 is 0. The Morgan fingerprint density at radius 2 is 2.32 bits per heavy atom. The van der Waals surface area contributed by atoms with Crippen molar-refractivity contribution in [1.82, 2.24) is 25.1 Å². The van der Waals surface area contributed by atoms with Crippen LogP contribution >= 0.6 is 0 Å². The second kappa shape index (κ2) is 7.30. The standard InChI is InChI=1S/C17H21N7O/c1-12-5-6-13(8-18)16(21-12)24-7-3-4-14(10-24)17(25)19-9-15-20-11-23(2)22-15/h5-6,11,14H,3-4,7,9-10H2,1-2H3,(H,19,25). The lowest BCUT2D eigenvalue weighted by molar-refractivity contribution is -0.125. The van der Waals surface area contributed by atoms with E-state index in [2.05, 4.69) is 26.5 Å². The SMILES string of the molecule is Cc1ccc(C#N)c(N2CCCC(C(=O)NCc3ncn(C)n3)C2)n1. The molecule has 1 aliphatic heterocycles. The van der Waals surface area contributed by atoms with Crippen molar-refractivity contribution in [3.63, 3.8) is 0 Å². The summed E-state index contributed by atoms with van der Waals surface area (Å²) in [6.07, 6.45) is 3.32. The fourth-order valence-electron chi connectivity index (χ4n) is 3.03. The molecule has 0 bridgehead atoms. The van der Waals surface area contributed by atoms with E-state index in [0.717, 1.165) is 25.1 Å². The van der Waals surface area contributed by atoms with Gasteiger partial charge in [-0.05, 0) is 31.9 Å². The predicted molar refractivity (Wildman–Crippen MR) is 91.5 cm³/mol. The fraction of sp³-hybridized carbons (Fsp3) is 0.471. The lowest BCUT2D eigenvalue weighted by Gasteiger charge is -2.33. The molecule has 2 aromatic heterocycles. The number of nitrogens with one attached hydrogen (secondary N) is 1. The Balaban J connectivity index is 1.65. The molecule has 0 aliphatic carbocycles. The Bertz CT molecular complexity index is 808. The van der Waals surface area contributed by atoms with Crippen LogP contribution in [0, 0.1) is 24.2 Å². The van der Waals surface area contributed by atoms with Crippen LogP contribution < -0.4 is 10.2 Å². The first kappa shape index (κ1) is 16.9. The van der Waals surface area contributed by atoms with Gasteiger partial charge in [-0.25, -0.2) is 9.97 Å². The first-order chi connectivity index (χ1) is 12.1. The average Bonchev–Trinajstić information content (AvgIpc) is 3.05. The maximum atomic E-state index is 12.5. The summed E-state index contributed by atoms with van der Waals surface area (Å²) in [5.74, 6) is 1.12. The first-order valence-corrected chi connectivity index (χ1v) is 8.31. The third-order valence-electron chi connectivity index (χ3n) is 4.29. The third kappa shape index (κ3) is 3.94. The van der Waals surface area contributed by atoms with Crippen LogP contribution in [-0.4, -0.2) is 38.7 Å². The van der Waals surface area contributed by atoms with E-state index in [1.54, 1.807) is 24.1 Å². The molecular weight excluding hydrogens is 318 g/mol. The number of anilines is 1. The summed E-state index contributed by atoms with van der Waals surface area (Å²) in [6, 6.07) is 5.80.